The largest absolute Gasteiger partial charge is 0.497 e. The number of rotatable bonds is 3. The standard InChI is InChI=1S/C15H22FNO/c1-10-8-15(2,3)9-14(10)17-13-7-11(18-4)5-6-12(13)16/h5-7,10,14,17H,8-9H2,1-4H3. The maximum absolute atomic E-state index is 13.8. The van der Waals surface area contributed by atoms with Crippen LogP contribution in [0.25, 0.3) is 0 Å². The second kappa shape index (κ2) is 4.79. The molecule has 1 aromatic rings. The smallest absolute Gasteiger partial charge is 0.146 e. The van der Waals surface area contributed by atoms with Gasteiger partial charge < -0.3 is 10.1 Å². The summed E-state index contributed by atoms with van der Waals surface area (Å²) >= 11 is 0. The molecule has 0 spiro atoms. The Morgan fingerprint density at radius 2 is 2.06 bits per heavy atom. The topological polar surface area (TPSA) is 21.3 Å². The Morgan fingerprint density at radius 3 is 2.61 bits per heavy atom. The Bertz CT molecular complexity index is 431. The molecule has 2 nitrogen and oxygen atoms in total. The number of nitrogens with one attached hydrogen (secondary N) is 1. The highest BCUT2D eigenvalue weighted by atomic mass is 19.1. The minimum atomic E-state index is -0.215. The molecule has 1 N–H and O–H groups in total. The Kier molecular flexibility index (Phi) is 3.51. The molecular weight excluding hydrogens is 229 g/mol. The van der Waals surface area contributed by atoms with Crippen LogP contribution < -0.4 is 10.1 Å². The van der Waals surface area contributed by atoms with E-state index in [2.05, 4.69) is 26.1 Å². The lowest BCUT2D eigenvalue weighted by molar-refractivity contribution is 0.366. The molecule has 0 aliphatic heterocycles. The van der Waals surface area contributed by atoms with Crippen molar-refractivity contribution >= 4 is 5.69 Å². The van der Waals surface area contributed by atoms with E-state index in [1.165, 1.54) is 12.5 Å². The van der Waals surface area contributed by atoms with Crippen LogP contribution in [-0.4, -0.2) is 13.2 Å². The van der Waals surface area contributed by atoms with E-state index in [-0.39, 0.29) is 5.82 Å². The molecule has 1 aromatic carbocycles. The minimum Gasteiger partial charge on any atom is -0.497 e. The van der Waals surface area contributed by atoms with Gasteiger partial charge in [-0.15, -0.1) is 0 Å². The Morgan fingerprint density at radius 1 is 1.33 bits per heavy atom. The van der Waals surface area contributed by atoms with Crippen LogP contribution in [-0.2, 0) is 0 Å². The predicted octanol–water partition coefficient (Wildman–Crippen LogP) is 4.07. The van der Waals surface area contributed by atoms with Crippen molar-refractivity contribution in [3.63, 3.8) is 0 Å². The van der Waals surface area contributed by atoms with Crippen molar-refractivity contribution in [2.45, 2.75) is 39.7 Å². The van der Waals surface area contributed by atoms with Crippen molar-refractivity contribution in [3.05, 3.63) is 24.0 Å². The van der Waals surface area contributed by atoms with Crippen LogP contribution in [0.1, 0.15) is 33.6 Å². The third-order valence-electron chi connectivity index (χ3n) is 3.85. The fourth-order valence-electron chi connectivity index (χ4n) is 3.03. The molecule has 0 aromatic heterocycles. The van der Waals surface area contributed by atoms with E-state index < -0.39 is 0 Å². The van der Waals surface area contributed by atoms with E-state index in [1.54, 1.807) is 19.2 Å². The van der Waals surface area contributed by atoms with E-state index in [0.29, 0.717) is 28.8 Å². The monoisotopic (exact) mass is 251 g/mol. The maximum atomic E-state index is 13.8. The van der Waals surface area contributed by atoms with Gasteiger partial charge in [0, 0.05) is 12.1 Å². The van der Waals surface area contributed by atoms with E-state index in [0.717, 1.165) is 6.42 Å². The first-order valence-corrected chi connectivity index (χ1v) is 6.51. The van der Waals surface area contributed by atoms with Gasteiger partial charge in [-0.1, -0.05) is 20.8 Å². The third kappa shape index (κ3) is 2.77. The quantitative estimate of drug-likeness (QED) is 0.874. The van der Waals surface area contributed by atoms with Gasteiger partial charge in [0.1, 0.15) is 11.6 Å². The molecule has 0 heterocycles. The number of anilines is 1. The first-order chi connectivity index (χ1) is 8.41. The summed E-state index contributed by atoms with van der Waals surface area (Å²) in [6.07, 6.45) is 2.25. The van der Waals surface area contributed by atoms with Crippen LogP contribution in [0.3, 0.4) is 0 Å². The molecule has 2 unspecified atom stereocenters. The van der Waals surface area contributed by atoms with Crippen LogP contribution >= 0.6 is 0 Å². The summed E-state index contributed by atoms with van der Waals surface area (Å²) in [5.41, 5.74) is 0.885. The minimum absolute atomic E-state index is 0.215. The van der Waals surface area contributed by atoms with Gasteiger partial charge in [-0.05, 0) is 36.3 Å². The van der Waals surface area contributed by atoms with Gasteiger partial charge >= 0.3 is 0 Å². The average molecular weight is 251 g/mol. The van der Waals surface area contributed by atoms with E-state index in [9.17, 15) is 4.39 Å². The number of methoxy groups -OCH3 is 1. The van der Waals surface area contributed by atoms with Crippen LogP contribution in [0.15, 0.2) is 18.2 Å². The molecular formula is C15H22FNO. The molecule has 0 radical (unpaired) electrons. The van der Waals surface area contributed by atoms with Gasteiger partial charge in [-0.25, -0.2) is 4.39 Å². The van der Waals surface area contributed by atoms with Crippen LogP contribution in [0.4, 0.5) is 10.1 Å². The molecule has 0 bridgehead atoms. The number of hydrogen-bond acceptors (Lipinski definition) is 2. The third-order valence-corrected chi connectivity index (χ3v) is 3.85. The molecule has 0 amide bonds. The lowest BCUT2D eigenvalue weighted by Gasteiger charge is -2.20. The molecule has 0 saturated heterocycles. The summed E-state index contributed by atoms with van der Waals surface area (Å²) in [5.74, 6) is 1.03. The van der Waals surface area contributed by atoms with E-state index in [4.69, 9.17) is 4.74 Å². The summed E-state index contributed by atoms with van der Waals surface area (Å²) in [6.45, 7) is 6.77. The van der Waals surface area contributed by atoms with Gasteiger partial charge in [-0.2, -0.15) is 0 Å². The lowest BCUT2D eigenvalue weighted by atomic mass is 9.91. The molecule has 1 saturated carbocycles. The lowest BCUT2D eigenvalue weighted by Crippen LogP contribution is -2.23. The number of benzene rings is 1. The zero-order valence-electron chi connectivity index (χ0n) is 11.6. The maximum Gasteiger partial charge on any atom is 0.146 e. The molecule has 3 heteroatoms. The number of hydrogen-bond donors (Lipinski definition) is 1. The zero-order valence-corrected chi connectivity index (χ0v) is 11.6. The fourth-order valence-corrected chi connectivity index (χ4v) is 3.03. The van der Waals surface area contributed by atoms with Gasteiger partial charge in [-0.3, -0.25) is 0 Å². The molecule has 1 aliphatic carbocycles. The van der Waals surface area contributed by atoms with Crippen molar-refractivity contribution in [1.29, 1.82) is 0 Å². The van der Waals surface area contributed by atoms with Crippen molar-refractivity contribution < 1.29 is 9.13 Å². The van der Waals surface area contributed by atoms with Crippen molar-refractivity contribution in [3.8, 4) is 5.75 Å². The van der Waals surface area contributed by atoms with Gasteiger partial charge in [0.05, 0.1) is 12.8 Å². The Labute approximate surface area is 109 Å². The number of ether oxygens (including phenoxy) is 1. The normalized spacial score (nSPS) is 26.1. The molecule has 2 atom stereocenters. The van der Waals surface area contributed by atoms with Gasteiger partial charge in [0.2, 0.25) is 0 Å². The molecule has 2 rings (SSSR count). The van der Waals surface area contributed by atoms with Gasteiger partial charge in [0.15, 0.2) is 0 Å². The first kappa shape index (κ1) is 13.2. The second-order valence-corrected chi connectivity index (χ2v) is 6.15. The average Bonchev–Trinajstić information content (AvgIpc) is 2.55. The van der Waals surface area contributed by atoms with Crippen molar-refractivity contribution in [2.75, 3.05) is 12.4 Å². The zero-order chi connectivity index (χ0) is 13.3. The summed E-state index contributed by atoms with van der Waals surface area (Å²) in [5, 5.41) is 3.33. The second-order valence-electron chi connectivity index (χ2n) is 6.15. The first-order valence-electron chi connectivity index (χ1n) is 6.51. The van der Waals surface area contributed by atoms with Crippen molar-refractivity contribution in [1.82, 2.24) is 0 Å². The van der Waals surface area contributed by atoms with Gasteiger partial charge in [0.25, 0.3) is 0 Å². The summed E-state index contributed by atoms with van der Waals surface area (Å²) < 4.78 is 18.9. The highest BCUT2D eigenvalue weighted by molar-refractivity contribution is 5.50. The Hall–Kier alpha value is -1.25. The van der Waals surface area contributed by atoms with Crippen LogP contribution in [0.5, 0.6) is 5.75 Å². The highest BCUT2D eigenvalue weighted by Gasteiger charge is 2.36. The Balaban J connectivity index is 2.14. The van der Waals surface area contributed by atoms with E-state index >= 15 is 0 Å². The SMILES string of the molecule is COc1ccc(F)c(NC2CC(C)(C)CC2C)c1. The number of halogens is 1. The molecule has 100 valence electrons. The summed E-state index contributed by atoms with van der Waals surface area (Å²) in [7, 11) is 1.60. The molecule has 1 aliphatic rings. The summed E-state index contributed by atoms with van der Waals surface area (Å²) in [6, 6.07) is 5.16. The van der Waals surface area contributed by atoms with Crippen LogP contribution in [0.2, 0.25) is 0 Å². The van der Waals surface area contributed by atoms with E-state index in [1.807, 2.05) is 0 Å². The molecule has 1 fully saturated rings. The highest BCUT2D eigenvalue weighted by Crippen LogP contribution is 2.42. The summed E-state index contributed by atoms with van der Waals surface area (Å²) in [4.78, 5) is 0. The van der Waals surface area contributed by atoms with Crippen molar-refractivity contribution in [2.24, 2.45) is 11.3 Å². The van der Waals surface area contributed by atoms with Crippen LogP contribution in [0, 0.1) is 17.2 Å². The molecule has 18 heavy (non-hydrogen) atoms. The fraction of sp³-hybridized carbons (Fsp3) is 0.600. The predicted molar refractivity (Wildman–Crippen MR) is 72.5 cm³/mol.